The van der Waals surface area contributed by atoms with Crippen molar-refractivity contribution >= 4 is 29.9 Å². The lowest BCUT2D eigenvalue weighted by molar-refractivity contribution is -0.120. The topological polar surface area (TPSA) is 79.3 Å². The third kappa shape index (κ3) is 5.81. The number of nitrogens with zero attached hydrogens (tertiary/aromatic N) is 3. The van der Waals surface area contributed by atoms with Gasteiger partial charge in [0.05, 0.1) is 6.04 Å². The molecule has 1 aliphatic rings. The van der Waals surface area contributed by atoms with Gasteiger partial charge < -0.3 is 15.5 Å². The van der Waals surface area contributed by atoms with Crippen molar-refractivity contribution in [2.45, 2.75) is 45.2 Å². The molecule has 7 nitrogen and oxygen atoms in total. The van der Waals surface area contributed by atoms with Crippen molar-refractivity contribution in [3.05, 3.63) is 48.3 Å². The Hall–Kier alpha value is -2.38. The molecule has 2 amide bonds. The average molecular weight is 420 g/mol. The number of anilines is 1. The first-order valence-corrected chi connectivity index (χ1v) is 10.0. The van der Waals surface area contributed by atoms with Crippen molar-refractivity contribution in [3.63, 3.8) is 0 Å². The number of carbonyl (C=O) groups is 2. The Balaban J connectivity index is 0.00000300. The molecule has 1 aliphatic heterocycles. The zero-order valence-electron chi connectivity index (χ0n) is 17.0. The van der Waals surface area contributed by atoms with Crippen molar-refractivity contribution in [2.24, 2.45) is 0 Å². The Morgan fingerprint density at radius 3 is 2.72 bits per heavy atom. The van der Waals surface area contributed by atoms with Crippen LogP contribution in [0.5, 0.6) is 0 Å². The summed E-state index contributed by atoms with van der Waals surface area (Å²) in [6.07, 6.45) is 4.79. The van der Waals surface area contributed by atoms with E-state index in [0.29, 0.717) is 12.2 Å². The summed E-state index contributed by atoms with van der Waals surface area (Å²) in [6, 6.07) is 10.7. The molecule has 3 rings (SSSR count). The molecule has 158 valence electrons. The Kier molecular flexibility index (Phi) is 8.67. The number of rotatable bonds is 7. The fraction of sp³-hybridized carbons (Fsp3) is 0.476. The number of carbonyl (C=O) groups excluding carboxylic acids is 2. The molecular formula is C21H30ClN5O2. The predicted molar refractivity (Wildman–Crippen MR) is 116 cm³/mol. The van der Waals surface area contributed by atoms with E-state index in [4.69, 9.17) is 0 Å². The monoisotopic (exact) mass is 419 g/mol. The van der Waals surface area contributed by atoms with Gasteiger partial charge in [-0.25, -0.2) is 0 Å². The van der Waals surface area contributed by atoms with Gasteiger partial charge in [0, 0.05) is 25.0 Å². The van der Waals surface area contributed by atoms with Gasteiger partial charge in [-0.1, -0.05) is 25.1 Å². The van der Waals surface area contributed by atoms with Crippen LogP contribution >= 0.6 is 12.4 Å². The lowest BCUT2D eigenvalue weighted by Crippen LogP contribution is -2.46. The SMILES string of the molecule is CCCN(C(=O)c1ccn(C2CCCNC2)n1)C(C)C(=O)Nc1ccccc1.Cl. The fourth-order valence-corrected chi connectivity index (χ4v) is 3.48. The fourth-order valence-electron chi connectivity index (χ4n) is 3.48. The molecule has 29 heavy (non-hydrogen) atoms. The van der Waals surface area contributed by atoms with Crippen LogP contribution in [0.2, 0.25) is 0 Å². The lowest BCUT2D eigenvalue weighted by atomic mass is 10.1. The van der Waals surface area contributed by atoms with Gasteiger partial charge >= 0.3 is 0 Å². The van der Waals surface area contributed by atoms with Crippen LogP contribution in [0.1, 0.15) is 49.6 Å². The number of piperidine rings is 1. The number of hydrogen-bond donors (Lipinski definition) is 2. The van der Waals surface area contributed by atoms with E-state index in [9.17, 15) is 9.59 Å². The van der Waals surface area contributed by atoms with Gasteiger partial charge in [-0.2, -0.15) is 5.10 Å². The molecule has 1 aromatic heterocycles. The highest BCUT2D eigenvalue weighted by Crippen LogP contribution is 2.17. The highest BCUT2D eigenvalue weighted by atomic mass is 35.5. The number of benzene rings is 1. The molecule has 1 saturated heterocycles. The van der Waals surface area contributed by atoms with Crippen LogP contribution in [0, 0.1) is 0 Å². The van der Waals surface area contributed by atoms with E-state index in [1.54, 1.807) is 17.9 Å². The number of halogens is 1. The number of aromatic nitrogens is 2. The molecule has 0 radical (unpaired) electrons. The Morgan fingerprint density at radius 1 is 1.31 bits per heavy atom. The highest BCUT2D eigenvalue weighted by molar-refractivity contribution is 6.00. The molecule has 0 bridgehead atoms. The summed E-state index contributed by atoms with van der Waals surface area (Å²) < 4.78 is 1.87. The Bertz CT molecular complexity index is 789. The second-order valence-corrected chi connectivity index (χ2v) is 7.21. The van der Waals surface area contributed by atoms with Gasteiger partial charge in [-0.05, 0) is 50.9 Å². The van der Waals surface area contributed by atoms with E-state index in [1.165, 1.54) is 0 Å². The quantitative estimate of drug-likeness (QED) is 0.722. The molecule has 2 aromatic rings. The van der Waals surface area contributed by atoms with Gasteiger partial charge in [-0.15, -0.1) is 12.4 Å². The Morgan fingerprint density at radius 2 is 2.07 bits per heavy atom. The Labute approximate surface area is 178 Å². The maximum atomic E-state index is 13.1. The van der Waals surface area contributed by atoms with Crippen molar-refractivity contribution in [1.29, 1.82) is 0 Å². The first-order valence-electron chi connectivity index (χ1n) is 10.0. The predicted octanol–water partition coefficient (Wildman–Crippen LogP) is 3.11. The molecule has 8 heteroatoms. The summed E-state index contributed by atoms with van der Waals surface area (Å²) in [4.78, 5) is 27.4. The molecule has 0 aliphatic carbocycles. The van der Waals surface area contributed by atoms with E-state index in [-0.39, 0.29) is 30.3 Å². The van der Waals surface area contributed by atoms with Crippen molar-refractivity contribution in [3.8, 4) is 0 Å². The van der Waals surface area contributed by atoms with E-state index in [1.807, 2.05) is 48.1 Å². The maximum Gasteiger partial charge on any atom is 0.275 e. The van der Waals surface area contributed by atoms with Crippen LogP contribution in [0.4, 0.5) is 5.69 Å². The van der Waals surface area contributed by atoms with Gasteiger partial charge in [-0.3, -0.25) is 14.3 Å². The van der Waals surface area contributed by atoms with Crippen LogP contribution in [0.25, 0.3) is 0 Å². The highest BCUT2D eigenvalue weighted by Gasteiger charge is 2.28. The first-order chi connectivity index (χ1) is 13.6. The van der Waals surface area contributed by atoms with Crippen LogP contribution in [0.15, 0.2) is 42.6 Å². The zero-order valence-corrected chi connectivity index (χ0v) is 17.8. The first kappa shape index (κ1) is 22.9. The minimum Gasteiger partial charge on any atom is -0.326 e. The van der Waals surface area contributed by atoms with Crippen molar-refractivity contribution in [1.82, 2.24) is 20.0 Å². The van der Waals surface area contributed by atoms with E-state index >= 15 is 0 Å². The van der Waals surface area contributed by atoms with E-state index in [0.717, 1.165) is 38.0 Å². The van der Waals surface area contributed by atoms with Crippen LogP contribution in [-0.4, -0.2) is 52.2 Å². The van der Waals surface area contributed by atoms with E-state index in [2.05, 4.69) is 15.7 Å². The number of amides is 2. The molecule has 2 heterocycles. The zero-order chi connectivity index (χ0) is 19.9. The van der Waals surface area contributed by atoms with Crippen LogP contribution < -0.4 is 10.6 Å². The molecule has 2 unspecified atom stereocenters. The molecule has 0 spiro atoms. The molecule has 1 fully saturated rings. The smallest absolute Gasteiger partial charge is 0.275 e. The minimum absolute atomic E-state index is 0. The molecular weight excluding hydrogens is 390 g/mol. The van der Waals surface area contributed by atoms with Crippen LogP contribution in [-0.2, 0) is 4.79 Å². The largest absolute Gasteiger partial charge is 0.326 e. The van der Waals surface area contributed by atoms with E-state index < -0.39 is 6.04 Å². The summed E-state index contributed by atoms with van der Waals surface area (Å²) in [7, 11) is 0. The third-order valence-corrected chi connectivity index (χ3v) is 5.09. The standard InChI is InChI=1S/C21H29N5O2.ClH/c1-3-13-25(16(2)20(27)23-17-8-5-4-6-9-17)21(28)19-11-14-26(24-19)18-10-7-12-22-15-18;/h4-6,8-9,11,14,16,18,22H,3,7,10,12-13,15H2,1-2H3,(H,23,27);1H. The van der Waals surface area contributed by atoms with Crippen molar-refractivity contribution < 1.29 is 9.59 Å². The normalized spacial score (nSPS) is 17.1. The molecule has 2 N–H and O–H groups in total. The second-order valence-electron chi connectivity index (χ2n) is 7.21. The number of para-hydroxylation sites is 1. The maximum absolute atomic E-state index is 13.1. The summed E-state index contributed by atoms with van der Waals surface area (Å²) >= 11 is 0. The third-order valence-electron chi connectivity index (χ3n) is 5.09. The summed E-state index contributed by atoms with van der Waals surface area (Å²) in [5.41, 5.74) is 1.11. The molecule has 0 saturated carbocycles. The van der Waals surface area contributed by atoms with Gasteiger partial charge in [0.15, 0.2) is 0 Å². The van der Waals surface area contributed by atoms with Gasteiger partial charge in [0.25, 0.3) is 5.91 Å². The van der Waals surface area contributed by atoms with Gasteiger partial charge in [0.1, 0.15) is 11.7 Å². The minimum atomic E-state index is -0.589. The summed E-state index contributed by atoms with van der Waals surface area (Å²) in [5.74, 6) is -0.413. The summed E-state index contributed by atoms with van der Waals surface area (Å²) in [5, 5.41) is 10.8. The second kappa shape index (κ2) is 11.0. The van der Waals surface area contributed by atoms with Crippen molar-refractivity contribution in [2.75, 3.05) is 25.0 Å². The van der Waals surface area contributed by atoms with Gasteiger partial charge in [0.2, 0.25) is 5.91 Å². The lowest BCUT2D eigenvalue weighted by Gasteiger charge is -2.27. The number of nitrogens with one attached hydrogen (secondary N) is 2. The molecule has 1 aromatic carbocycles. The number of hydrogen-bond acceptors (Lipinski definition) is 4. The molecule has 2 atom stereocenters. The summed E-state index contributed by atoms with van der Waals surface area (Å²) in [6.45, 7) is 6.15. The average Bonchev–Trinajstić information content (AvgIpc) is 3.23. The van der Waals surface area contributed by atoms with Crippen LogP contribution in [0.3, 0.4) is 0 Å².